The summed E-state index contributed by atoms with van der Waals surface area (Å²) in [5.74, 6) is -0.396. The summed E-state index contributed by atoms with van der Waals surface area (Å²) in [6.07, 6.45) is 0.321. The van der Waals surface area contributed by atoms with Gasteiger partial charge in [-0.15, -0.1) is 0 Å². The molecule has 0 radical (unpaired) electrons. The molecule has 16 heavy (non-hydrogen) atoms. The average Bonchev–Trinajstić information content (AvgIpc) is 2.55. The zero-order valence-electron chi connectivity index (χ0n) is 7.98. The number of para-hydroxylation sites is 1. The summed E-state index contributed by atoms with van der Waals surface area (Å²) in [4.78, 5) is 21.9. The first-order valence-electron chi connectivity index (χ1n) is 4.39. The molecule has 0 aliphatic heterocycles. The van der Waals surface area contributed by atoms with E-state index in [1.165, 1.54) is 0 Å². The van der Waals surface area contributed by atoms with Gasteiger partial charge in [0.2, 0.25) is 5.88 Å². The van der Waals surface area contributed by atoms with E-state index in [0.29, 0.717) is 16.4 Å². The smallest absolute Gasteiger partial charge is 0.279 e. The van der Waals surface area contributed by atoms with E-state index >= 15 is 0 Å². The summed E-state index contributed by atoms with van der Waals surface area (Å²) in [7, 11) is 0. The summed E-state index contributed by atoms with van der Waals surface area (Å²) in [6, 6.07) is 6.99. The Labute approximate surface area is 98.4 Å². The van der Waals surface area contributed by atoms with E-state index in [1.54, 1.807) is 24.3 Å². The summed E-state index contributed by atoms with van der Waals surface area (Å²) in [6.45, 7) is 0. The lowest BCUT2D eigenvalue weighted by Crippen LogP contribution is -2.06. The summed E-state index contributed by atoms with van der Waals surface area (Å²) in [5, 5.41) is 12.0. The molecule has 82 valence electrons. The number of aromatic amines is 1. The van der Waals surface area contributed by atoms with Gasteiger partial charge in [0.1, 0.15) is 5.56 Å². The molecule has 0 bridgehead atoms. The van der Waals surface area contributed by atoms with Gasteiger partial charge in [-0.2, -0.15) is 0 Å². The first kappa shape index (κ1) is 10.7. The van der Waals surface area contributed by atoms with Crippen molar-refractivity contribution in [3.05, 3.63) is 44.7 Å². The molecule has 0 atom stereocenters. The number of H-pyrrole nitrogens is 1. The first-order chi connectivity index (χ1) is 7.65. The van der Waals surface area contributed by atoms with Gasteiger partial charge in [0.25, 0.3) is 5.56 Å². The zero-order chi connectivity index (χ0) is 11.7. The van der Waals surface area contributed by atoms with Gasteiger partial charge in [-0.05, 0) is 28.1 Å². The van der Waals surface area contributed by atoms with Crippen LogP contribution in [0.4, 0.5) is 0 Å². The van der Waals surface area contributed by atoms with Gasteiger partial charge >= 0.3 is 0 Å². The van der Waals surface area contributed by atoms with Gasteiger partial charge in [-0.1, -0.05) is 12.1 Å². The molecule has 0 aliphatic rings. The van der Waals surface area contributed by atoms with Crippen LogP contribution < -0.4 is 5.56 Å². The predicted molar refractivity (Wildman–Crippen MR) is 61.1 cm³/mol. The number of carbonyl (C=O) groups is 1. The van der Waals surface area contributed by atoms with Crippen LogP contribution in [0.25, 0.3) is 5.69 Å². The molecule has 0 spiro atoms. The van der Waals surface area contributed by atoms with E-state index < -0.39 is 11.4 Å². The Morgan fingerprint density at radius 3 is 2.62 bits per heavy atom. The summed E-state index contributed by atoms with van der Waals surface area (Å²) < 4.78 is 1.84. The molecule has 6 heteroatoms. The molecule has 1 aromatic carbocycles. The molecule has 0 amide bonds. The third kappa shape index (κ3) is 1.57. The van der Waals surface area contributed by atoms with Crippen molar-refractivity contribution in [2.75, 3.05) is 0 Å². The van der Waals surface area contributed by atoms with Gasteiger partial charge in [-0.25, -0.2) is 4.68 Å². The van der Waals surface area contributed by atoms with Crippen LogP contribution >= 0.6 is 15.9 Å². The Balaban J connectivity index is 2.71. The number of aldehydes is 1. The minimum atomic E-state index is -0.622. The van der Waals surface area contributed by atoms with Crippen molar-refractivity contribution in [1.82, 2.24) is 9.78 Å². The molecular weight excluding hydrogens is 276 g/mol. The minimum Gasteiger partial charge on any atom is -0.493 e. The highest BCUT2D eigenvalue weighted by molar-refractivity contribution is 9.10. The van der Waals surface area contributed by atoms with Crippen LogP contribution in [0.2, 0.25) is 0 Å². The SMILES string of the molecule is O=Cc1c(O)n(-c2ccccc2Br)[nH]c1=O. The van der Waals surface area contributed by atoms with Gasteiger partial charge in [0.15, 0.2) is 6.29 Å². The van der Waals surface area contributed by atoms with Crippen molar-refractivity contribution in [3.63, 3.8) is 0 Å². The molecule has 0 fully saturated rings. The van der Waals surface area contributed by atoms with Crippen LogP contribution in [0.5, 0.6) is 5.88 Å². The van der Waals surface area contributed by atoms with Crippen LogP contribution in [0.15, 0.2) is 33.5 Å². The van der Waals surface area contributed by atoms with Crippen molar-refractivity contribution < 1.29 is 9.90 Å². The van der Waals surface area contributed by atoms with Crippen LogP contribution in [0.3, 0.4) is 0 Å². The average molecular weight is 283 g/mol. The number of nitrogens with zero attached hydrogens (tertiary/aromatic N) is 1. The first-order valence-corrected chi connectivity index (χ1v) is 5.18. The van der Waals surface area contributed by atoms with Crippen LogP contribution in [-0.2, 0) is 0 Å². The molecule has 0 aliphatic carbocycles. The van der Waals surface area contributed by atoms with E-state index in [4.69, 9.17) is 0 Å². The number of benzene rings is 1. The molecule has 1 heterocycles. The highest BCUT2D eigenvalue weighted by Crippen LogP contribution is 2.24. The largest absolute Gasteiger partial charge is 0.493 e. The second kappa shape index (κ2) is 3.97. The number of carbonyl (C=O) groups excluding carboxylic acids is 1. The number of hydrogen-bond acceptors (Lipinski definition) is 3. The Bertz CT molecular complexity index is 600. The van der Waals surface area contributed by atoms with Crippen LogP contribution in [0.1, 0.15) is 10.4 Å². The molecule has 2 aromatic rings. The fourth-order valence-corrected chi connectivity index (χ4v) is 1.81. The van der Waals surface area contributed by atoms with E-state index in [2.05, 4.69) is 21.0 Å². The van der Waals surface area contributed by atoms with E-state index in [1.807, 2.05) is 0 Å². The molecule has 1 aromatic heterocycles. The number of halogens is 1. The molecule has 0 saturated carbocycles. The molecular formula is C10H7BrN2O3. The van der Waals surface area contributed by atoms with E-state index in [-0.39, 0.29) is 5.56 Å². The zero-order valence-corrected chi connectivity index (χ0v) is 9.56. The lowest BCUT2D eigenvalue weighted by Gasteiger charge is -2.05. The monoisotopic (exact) mass is 282 g/mol. The molecule has 0 saturated heterocycles. The fraction of sp³-hybridized carbons (Fsp3) is 0. The molecule has 2 rings (SSSR count). The van der Waals surface area contributed by atoms with Gasteiger partial charge in [0.05, 0.1) is 5.69 Å². The third-order valence-corrected chi connectivity index (χ3v) is 2.79. The molecule has 2 N–H and O–H groups in total. The minimum absolute atomic E-state index is 0.282. The highest BCUT2D eigenvalue weighted by atomic mass is 79.9. The Morgan fingerprint density at radius 2 is 2.06 bits per heavy atom. The standard InChI is InChI=1S/C10H7BrN2O3/c11-7-3-1-2-4-8(7)13-10(16)6(5-14)9(15)12-13/h1-5,16H,(H,12,15). The Kier molecular flexibility index (Phi) is 2.66. The lowest BCUT2D eigenvalue weighted by atomic mass is 10.3. The van der Waals surface area contributed by atoms with Crippen molar-refractivity contribution in [2.24, 2.45) is 0 Å². The predicted octanol–water partition coefficient (Wildman–Crippen LogP) is 1.45. The van der Waals surface area contributed by atoms with Crippen molar-refractivity contribution in [3.8, 4) is 11.6 Å². The summed E-state index contributed by atoms with van der Waals surface area (Å²) in [5.41, 5.74) is -0.357. The fourth-order valence-electron chi connectivity index (χ4n) is 1.35. The second-order valence-corrected chi connectivity index (χ2v) is 3.94. The normalized spacial score (nSPS) is 10.3. The quantitative estimate of drug-likeness (QED) is 0.819. The number of hydrogen-bond donors (Lipinski definition) is 2. The number of nitrogens with one attached hydrogen (secondary N) is 1. The number of aromatic nitrogens is 2. The topological polar surface area (TPSA) is 75.1 Å². The highest BCUT2D eigenvalue weighted by Gasteiger charge is 2.15. The van der Waals surface area contributed by atoms with Gasteiger partial charge < -0.3 is 5.11 Å². The van der Waals surface area contributed by atoms with Crippen molar-refractivity contribution in [2.45, 2.75) is 0 Å². The maximum absolute atomic E-state index is 11.3. The number of rotatable bonds is 2. The third-order valence-electron chi connectivity index (χ3n) is 2.12. The second-order valence-electron chi connectivity index (χ2n) is 3.08. The Hall–Kier alpha value is -1.82. The maximum Gasteiger partial charge on any atom is 0.279 e. The van der Waals surface area contributed by atoms with Crippen LogP contribution in [-0.4, -0.2) is 21.2 Å². The number of aromatic hydroxyl groups is 1. The van der Waals surface area contributed by atoms with Gasteiger partial charge in [0, 0.05) is 4.47 Å². The van der Waals surface area contributed by atoms with Crippen molar-refractivity contribution in [1.29, 1.82) is 0 Å². The Morgan fingerprint density at radius 1 is 1.38 bits per heavy atom. The molecule has 0 unspecified atom stereocenters. The molecule has 5 nitrogen and oxygen atoms in total. The summed E-state index contributed by atoms with van der Waals surface area (Å²) >= 11 is 3.28. The van der Waals surface area contributed by atoms with Crippen molar-refractivity contribution >= 4 is 22.2 Å². The van der Waals surface area contributed by atoms with Crippen LogP contribution in [0, 0.1) is 0 Å². The maximum atomic E-state index is 11.3. The van der Waals surface area contributed by atoms with E-state index in [0.717, 1.165) is 4.68 Å². The van der Waals surface area contributed by atoms with E-state index in [9.17, 15) is 14.7 Å². The van der Waals surface area contributed by atoms with Gasteiger partial charge in [-0.3, -0.25) is 14.7 Å². The lowest BCUT2D eigenvalue weighted by molar-refractivity contribution is 0.112.